The summed E-state index contributed by atoms with van der Waals surface area (Å²) in [6, 6.07) is 0. The van der Waals surface area contributed by atoms with Crippen molar-refractivity contribution < 1.29 is 28.6 Å². The van der Waals surface area contributed by atoms with E-state index >= 15 is 0 Å². The van der Waals surface area contributed by atoms with Crippen LogP contribution in [0.4, 0.5) is 0 Å². The summed E-state index contributed by atoms with van der Waals surface area (Å²) >= 11 is 0. The lowest BCUT2D eigenvalue weighted by atomic mass is 10.1. The van der Waals surface area contributed by atoms with E-state index in [-0.39, 0.29) is 31.1 Å². The van der Waals surface area contributed by atoms with E-state index in [0.29, 0.717) is 19.3 Å². The Morgan fingerprint density at radius 2 is 0.470 bits per heavy atom. The van der Waals surface area contributed by atoms with Gasteiger partial charge in [0.2, 0.25) is 0 Å². The Morgan fingerprint density at radius 3 is 0.735 bits per heavy atom. The van der Waals surface area contributed by atoms with Crippen LogP contribution in [0.1, 0.15) is 303 Å². The van der Waals surface area contributed by atoms with Gasteiger partial charge in [-0.15, -0.1) is 0 Å². The number of hydrogen-bond donors (Lipinski definition) is 0. The fraction of sp³-hybridized carbons (Fsp3) is 0.649. The molecule has 0 radical (unpaired) electrons. The first-order valence-electron chi connectivity index (χ1n) is 34.3. The van der Waals surface area contributed by atoms with Crippen LogP contribution < -0.4 is 0 Å². The first-order valence-corrected chi connectivity index (χ1v) is 34.3. The molecule has 0 bridgehead atoms. The van der Waals surface area contributed by atoms with Crippen molar-refractivity contribution in [1.82, 2.24) is 0 Å². The van der Waals surface area contributed by atoms with Gasteiger partial charge in [0.05, 0.1) is 0 Å². The van der Waals surface area contributed by atoms with Gasteiger partial charge in [0.15, 0.2) is 6.10 Å². The maximum Gasteiger partial charge on any atom is 0.306 e. The number of esters is 3. The Bertz CT molecular complexity index is 1800. The maximum absolute atomic E-state index is 12.9. The molecule has 0 N–H and O–H groups in total. The number of hydrogen-bond acceptors (Lipinski definition) is 6. The van der Waals surface area contributed by atoms with Crippen LogP contribution in [0.25, 0.3) is 0 Å². The zero-order valence-electron chi connectivity index (χ0n) is 53.9. The van der Waals surface area contributed by atoms with Gasteiger partial charge in [-0.3, -0.25) is 14.4 Å². The van der Waals surface area contributed by atoms with Gasteiger partial charge in [-0.05, 0) is 148 Å². The molecule has 0 aliphatic rings. The molecule has 0 spiro atoms. The topological polar surface area (TPSA) is 78.9 Å². The molecule has 0 fully saturated rings. The fourth-order valence-corrected chi connectivity index (χ4v) is 9.17. The van der Waals surface area contributed by atoms with E-state index in [1.54, 1.807) is 0 Å². The Balaban J connectivity index is 4.46. The predicted octanol–water partition coefficient (Wildman–Crippen LogP) is 23.9. The molecule has 1 atom stereocenters. The summed E-state index contributed by atoms with van der Waals surface area (Å²) in [5.41, 5.74) is 0. The predicted molar refractivity (Wildman–Crippen MR) is 362 cm³/mol. The van der Waals surface area contributed by atoms with Gasteiger partial charge in [-0.2, -0.15) is 0 Å². The van der Waals surface area contributed by atoms with Crippen molar-refractivity contribution in [3.05, 3.63) is 146 Å². The molecular formula is C77H126O6. The monoisotopic (exact) mass is 1150 g/mol. The smallest absolute Gasteiger partial charge is 0.306 e. The molecule has 0 aliphatic carbocycles. The quantitative estimate of drug-likeness (QED) is 0.0261. The SMILES string of the molecule is CC/C=C\C/C=C\C/C=C\C/C=C\C/C=C\C/C=C\C/C=C\C/C=C\CCCCCCC(=O)OCC(COC(=O)CCCCCCCCC/C=C\C/C=C\CCCCCC)OC(=O)CCCCCCCCC/C=C\C/C=C\CCCCCC. The highest BCUT2D eigenvalue weighted by molar-refractivity contribution is 5.71. The van der Waals surface area contributed by atoms with Crippen molar-refractivity contribution in [3.8, 4) is 0 Å². The van der Waals surface area contributed by atoms with Crippen LogP contribution in [0, 0.1) is 0 Å². The van der Waals surface area contributed by atoms with Gasteiger partial charge in [0.1, 0.15) is 13.2 Å². The largest absolute Gasteiger partial charge is 0.462 e. The van der Waals surface area contributed by atoms with E-state index in [1.165, 1.54) is 116 Å². The Hall–Kier alpha value is -4.71. The Morgan fingerprint density at radius 1 is 0.253 bits per heavy atom. The van der Waals surface area contributed by atoms with E-state index in [4.69, 9.17) is 14.2 Å². The first kappa shape index (κ1) is 78.3. The summed E-state index contributed by atoms with van der Waals surface area (Å²) < 4.78 is 16.9. The standard InChI is InChI=1S/C77H126O6/c1-4-7-10-13-16-19-22-25-28-31-34-35-36-37-38-39-40-41-42-43-44-47-49-52-55-58-61-64-67-70-76(79)82-73-74(83-77(80)71-68-65-62-59-56-53-50-46-33-30-27-24-21-18-15-12-9-6-3)72-81-75(78)69-66-63-60-57-54-51-48-45-32-29-26-23-20-17-14-11-8-5-2/h7,10,16,19-21,23-25,28-30,32-35,37-38,40-41,43-44,49,52,74H,4-6,8-9,11-15,17-18,22,26-27,31,36,39,42,45-48,50-51,53-73H2,1-3H3/b10-7-,19-16-,23-20-,24-21-,28-25-,32-29-,33-30-,35-34-,38-37-,41-40-,44-43-,52-49-. The Kier molecular flexibility index (Phi) is 65.8. The molecule has 0 aromatic heterocycles. The third-order valence-electron chi connectivity index (χ3n) is 14.3. The van der Waals surface area contributed by atoms with Crippen molar-refractivity contribution in [2.45, 2.75) is 309 Å². The zero-order chi connectivity index (χ0) is 59.9. The lowest BCUT2D eigenvalue weighted by Crippen LogP contribution is -2.30. The first-order chi connectivity index (χ1) is 41.0. The summed E-state index contributed by atoms with van der Waals surface area (Å²) in [7, 11) is 0. The second kappa shape index (κ2) is 69.8. The molecule has 0 aromatic carbocycles. The van der Waals surface area contributed by atoms with Crippen LogP contribution in [0.15, 0.2) is 146 Å². The van der Waals surface area contributed by atoms with E-state index in [0.717, 1.165) is 148 Å². The van der Waals surface area contributed by atoms with Gasteiger partial charge in [0, 0.05) is 19.3 Å². The molecule has 1 unspecified atom stereocenters. The van der Waals surface area contributed by atoms with Crippen molar-refractivity contribution in [3.63, 3.8) is 0 Å². The van der Waals surface area contributed by atoms with E-state index in [9.17, 15) is 14.4 Å². The minimum absolute atomic E-state index is 0.0978. The Labute approximate surface area is 512 Å². The van der Waals surface area contributed by atoms with Gasteiger partial charge < -0.3 is 14.2 Å². The summed E-state index contributed by atoms with van der Waals surface area (Å²) in [6.07, 6.45) is 99.9. The third-order valence-corrected chi connectivity index (χ3v) is 14.3. The number of carbonyl (C=O) groups excluding carboxylic acids is 3. The van der Waals surface area contributed by atoms with Crippen LogP contribution in [0.2, 0.25) is 0 Å². The average Bonchev–Trinajstić information content (AvgIpc) is 3.49. The van der Waals surface area contributed by atoms with Gasteiger partial charge in [-0.1, -0.05) is 282 Å². The van der Waals surface area contributed by atoms with Crippen molar-refractivity contribution in [2.75, 3.05) is 13.2 Å². The highest BCUT2D eigenvalue weighted by atomic mass is 16.6. The minimum Gasteiger partial charge on any atom is -0.462 e. The van der Waals surface area contributed by atoms with Crippen molar-refractivity contribution in [1.29, 1.82) is 0 Å². The van der Waals surface area contributed by atoms with Crippen LogP contribution in [0.5, 0.6) is 0 Å². The average molecular weight is 1150 g/mol. The zero-order valence-corrected chi connectivity index (χ0v) is 53.9. The van der Waals surface area contributed by atoms with Crippen LogP contribution in [-0.4, -0.2) is 37.2 Å². The van der Waals surface area contributed by atoms with Crippen LogP contribution in [0.3, 0.4) is 0 Å². The van der Waals surface area contributed by atoms with E-state index in [1.807, 2.05) is 0 Å². The van der Waals surface area contributed by atoms with E-state index in [2.05, 4.69) is 167 Å². The van der Waals surface area contributed by atoms with Gasteiger partial charge in [0.25, 0.3) is 0 Å². The van der Waals surface area contributed by atoms with Crippen molar-refractivity contribution >= 4 is 17.9 Å². The molecular weight excluding hydrogens is 1020 g/mol. The molecule has 6 nitrogen and oxygen atoms in total. The van der Waals surface area contributed by atoms with Crippen molar-refractivity contribution in [2.24, 2.45) is 0 Å². The highest BCUT2D eigenvalue weighted by Crippen LogP contribution is 2.15. The molecule has 470 valence electrons. The van der Waals surface area contributed by atoms with Crippen LogP contribution >= 0.6 is 0 Å². The fourth-order valence-electron chi connectivity index (χ4n) is 9.17. The van der Waals surface area contributed by atoms with E-state index < -0.39 is 6.10 Å². The second-order valence-electron chi connectivity index (χ2n) is 22.3. The highest BCUT2D eigenvalue weighted by Gasteiger charge is 2.19. The van der Waals surface area contributed by atoms with Gasteiger partial charge in [-0.25, -0.2) is 0 Å². The molecule has 0 rings (SSSR count). The third kappa shape index (κ3) is 68.0. The molecule has 0 heterocycles. The number of ether oxygens (including phenoxy) is 3. The summed E-state index contributed by atoms with van der Waals surface area (Å²) in [5.74, 6) is -0.935. The molecule has 0 saturated carbocycles. The number of unbranched alkanes of at least 4 members (excludes halogenated alkanes) is 26. The molecule has 6 heteroatoms. The summed E-state index contributed by atoms with van der Waals surface area (Å²) in [6.45, 7) is 6.47. The second-order valence-corrected chi connectivity index (χ2v) is 22.3. The summed E-state index contributed by atoms with van der Waals surface area (Å²) in [4.78, 5) is 38.4. The molecule has 0 aromatic rings. The normalized spacial score (nSPS) is 13.0. The molecule has 0 saturated heterocycles. The number of allylic oxidation sites excluding steroid dienone is 24. The maximum atomic E-state index is 12.9. The molecule has 83 heavy (non-hydrogen) atoms. The van der Waals surface area contributed by atoms with Gasteiger partial charge >= 0.3 is 17.9 Å². The number of carbonyl (C=O) groups is 3. The molecule has 0 amide bonds. The minimum atomic E-state index is -0.805. The number of rotatable bonds is 61. The van der Waals surface area contributed by atoms with Crippen LogP contribution in [-0.2, 0) is 28.6 Å². The summed E-state index contributed by atoms with van der Waals surface area (Å²) in [5, 5.41) is 0. The lowest BCUT2D eigenvalue weighted by molar-refractivity contribution is -0.167. The lowest BCUT2D eigenvalue weighted by Gasteiger charge is -2.18. The molecule has 0 aliphatic heterocycles.